The summed E-state index contributed by atoms with van der Waals surface area (Å²) in [6.45, 7) is 10.9. The molecule has 0 radical (unpaired) electrons. The molecule has 0 aromatic carbocycles. The van der Waals surface area contributed by atoms with Crippen molar-refractivity contribution in [3.05, 3.63) is 24.3 Å². The molecule has 3 aliphatic rings. The lowest BCUT2D eigenvalue weighted by Gasteiger charge is -2.52. The van der Waals surface area contributed by atoms with Crippen molar-refractivity contribution in [1.82, 2.24) is 0 Å². The van der Waals surface area contributed by atoms with Gasteiger partial charge in [0.1, 0.15) is 12.2 Å². The smallest absolute Gasteiger partial charge is 0.333 e. The zero-order valence-electron chi connectivity index (χ0n) is 16.2. The zero-order valence-corrected chi connectivity index (χ0v) is 16.2. The Kier molecular flexibility index (Phi) is 5.89. The first-order valence-corrected chi connectivity index (χ1v) is 10.1. The summed E-state index contributed by atoms with van der Waals surface area (Å²) in [4.78, 5) is 24.4. The van der Waals surface area contributed by atoms with E-state index in [1.165, 1.54) is 19.3 Å². The van der Waals surface area contributed by atoms with E-state index in [1.807, 2.05) is 0 Å². The Bertz CT molecular complexity index is 593. The first-order valence-electron chi connectivity index (χ1n) is 10.1. The van der Waals surface area contributed by atoms with Crippen LogP contribution in [0.1, 0.15) is 65.2 Å². The maximum absolute atomic E-state index is 12.3. The third-order valence-corrected chi connectivity index (χ3v) is 6.64. The number of esters is 2. The van der Waals surface area contributed by atoms with Gasteiger partial charge in [-0.15, -0.1) is 0 Å². The minimum atomic E-state index is -0.295. The molecular formula is C22H32O4. The highest BCUT2D eigenvalue weighted by atomic mass is 16.6. The van der Waals surface area contributed by atoms with Crippen LogP contribution in [0.15, 0.2) is 24.3 Å². The van der Waals surface area contributed by atoms with Crippen molar-refractivity contribution in [2.24, 2.45) is 23.7 Å². The quantitative estimate of drug-likeness (QED) is 0.543. The van der Waals surface area contributed by atoms with Crippen molar-refractivity contribution in [3.8, 4) is 0 Å². The fourth-order valence-electron chi connectivity index (χ4n) is 5.41. The number of carbonyl (C=O) groups is 2. The van der Waals surface area contributed by atoms with Crippen LogP contribution in [0.3, 0.4) is 0 Å². The molecule has 144 valence electrons. The molecule has 6 atom stereocenters. The summed E-state index contributed by atoms with van der Waals surface area (Å²) in [6, 6.07) is 0. The van der Waals surface area contributed by atoms with Crippen LogP contribution in [0.2, 0.25) is 0 Å². The minimum absolute atomic E-state index is 0.0606. The van der Waals surface area contributed by atoms with Crippen LogP contribution >= 0.6 is 0 Å². The maximum atomic E-state index is 12.3. The molecule has 0 amide bonds. The third-order valence-electron chi connectivity index (χ3n) is 6.64. The lowest BCUT2D eigenvalue weighted by atomic mass is 9.57. The molecule has 3 fully saturated rings. The highest BCUT2D eigenvalue weighted by Crippen LogP contribution is 2.52. The molecule has 0 bridgehead atoms. The van der Waals surface area contributed by atoms with Gasteiger partial charge in [0.25, 0.3) is 0 Å². The van der Waals surface area contributed by atoms with E-state index in [1.54, 1.807) is 13.8 Å². The van der Waals surface area contributed by atoms with Gasteiger partial charge in [-0.25, -0.2) is 9.59 Å². The zero-order chi connectivity index (χ0) is 18.8. The van der Waals surface area contributed by atoms with E-state index in [9.17, 15) is 9.59 Å². The summed E-state index contributed by atoms with van der Waals surface area (Å²) in [5.74, 6) is 1.02. The Morgan fingerprint density at radius 1 is 0.769 bits per heavy atom. The molecular weight excluding hydrogens is 328 g/mol. The molecule has 4 heteroatoms. The highest BCUT2D eigenvalue weighted by Gasteiger charge is 2.51. The number of rotatable bonds is 4. The molecule has 4 unspecified atom stereocenters. The predicted molar refractivity (Wildman–Crippen MR) is 100 cm³/mol. The van der Waals surface area contributed by atoms with Gasteiger partial charge >= 0.3 is 11.9 Å². The second-order valence-corrected chi connectivity index (χ2v) is 8.58. The van der Waals surface area contributed by atoms with Crippen LogP contribution in [0.5, 0.6) is 0 Å². The van der Waals surface area contributed by atoms with Crippen LogP contribution in [0.25, 0.3) is 0 Å². The Morgan fingerprint density at radius 2 is 1.38 bits per heavy atom. The first kappa shape index (κ1) is 19.2. The van der Waals surface area contributed by atoms with Crippen molar-refractivity contribution in [1.29, 1.82) is 0 Å². The molecule has 3 saturated carbocycles. The topological polar surface area (TPSA) is 52.6 Å². The van der Waals surface area contributed by atoms with Crippen molar-refractivity contribution in [2.75, 3.05) is 0 Å². The molecule has 26 heavy (non-hydrogen) atoms. The largest absolute Gasteiger partial charge is 0.459 e. The molecule has 3 aliphatic carbocycles. The van der Waals surface area contributed by atoms with Gasteiger partial charge in [-0.05, 0) is 57.8 Å². The summed E-state index contributed by atoms with van der Waals surface area (Å²) < 4.78 is 11.8. The fraction of sp³-hybridized carbons (Fsp3) is 0.727. The van der Waals surface area contributed by atoms with Crippen molar-refractivity contribution in [2.45, 2.75) is 77.4 Å². The van der Waals surface area contributed by atoms with Crippen LogP contribution in [-0.4, -0.2) is 24.1 Å². The van der Waals surface area contributed by atoms with Crippen LogP contribution in [0.4, 0.5) is 0 Å². The summed E-state index contributed by atoms with van der Waals surface area (Å²) >= 11 is 0. The van der Waals surface area contributed by atoms with E-state index in [4.69, 9.17) is 9.47 Å². The maximum Gasteiger partial charge on any atom is 0.333 e. The van der Waals surface area contributed by atoms with Gasteiger partial charge in [0.2, 0.25) is 0 Å². The number of hydrogen-bond acceptors (Lipinski definition) is 4. The molecule has 0 heterocycles. The Hall–Kier alpha value is -1.58. The second kappa shape index (κ2) is 7.98. The predicted octanol–water partition coefficient (Wildman–Crippen LogP) is 4.59. The Morgan fingerprint density at radius 3 is 2.08 bits per heavy atom. The Labute approximate surface area is 157 Å². The first-order chi connectivity index (χ1) is 12.4. The normalized spacial score (nSPS) is 36.2. The van der Waals surface area contributed by atoms with Gasteiger partial charge in [-0.1, -0.05) is 32.4 Å². The SMILES string of the molecule is C=C(C)C(=O)O[C@@H]1C2CCCCC2CC2C1CCC[C@H]2OC(=O)C(=C)C. The summed E-state index contributed by atoms with van der Waals surface area (Å²) in [5.41, 5.74) is 0.907. The average Bonchev–Trinajstić information content (AvgIpc) is 2.61. The van der Waals surface area contributed by atoms with E-state index in [0.29, 0.717) is 23.0 Å². The monoisotopic (exact) mass is 360 g/mol. The fourth-order valence-corrected chi connectivity index (χ4v) is 5.41. The van der Waals surface area contributed by atoms with Crippen LogP contribution in [-0.2, 0) is 19.1 Å². The third kappa shape index (κ3) is 3.89. The van der Waals surface area contributed by atoms with Crippen molar-refractivity contribution < 1.29 is 19.1 Å². The van der Waals surface area contributed by atoms with E-state index >= 15 is 0 Å². The molecule has 3 rings (SSSR count). The molecule has 0 N–H and O–H groups in total. The summed E-state index contributed by atoms with van der Waals surface area (Å²) in [7, 11) is 0. The van der Waals surface area contributed by atoms with Gasteiger partial charge in [0, 0.05) is 23.0 Å². The average molecular weight is 360 g/mol. The summed E-state index contributed by atoms with van der Waals surface area (Å²) in [6.07, 6.45) is 8.69. The van der Waals surface area contributed by atoms with E-state index in [-0.39, 0.29) is 36.0 Å². The van der Waals surface area contributed by atoms with E-state index in [0.717, 1.165) is 32.1 Å². The van der Waals surface area contributed by atoms with Gasteiger partial charge in [-0.2, -0.15) is 0 Å². The molecule has 0 aromatic heterocycles. The molecule has 0 aromatic rings. The lowest BCUT2D eigenvalue weighted by Crippen LogP contribution is -2.52. The molecule has 4 nitrogen and oxygen atoms in total. The molecule has 0 aliphatic heterocycles. The minimum Gasteiger partial charge on any atom is -0.459 e. The van der Waals surface area contributed by atoms with Crippen molar-refractivity contribution >= 4 is 11.9 Å². The van der Waals surface area contributed by atoms with E-state index < -0.39 is 0 Å². The van der Waals surface area contributed by atoms with Gasteiger partial charge in [0.05, 0.1) is 0 Å². The number of fused-ring (bicyclic) bond motifs is 2. The molecule has 0 spiro atoms. The van der Waals surface area contributed by atoms with Crippen molar-refractivity contribution in [3.63, 3.8) is 0 Å². The number of carbonyl (C=O) groups excluding carboxylic acids is 2. The van der Waals surface area contributed by atoms with E-state index in [2.05, 4.69) is 13.2 Å². The van der Waals surface area contributed by atoms with Crippen LogP contribution < -0.4 is 0 Å². The Balaban J connectivity index is 1.82. The standard InChI is InChI=1S/C22H32O4/c1-13(2)21(23)25-19-11-7-10-17-18(19)12-15-8-5-6-9-16(15)20(17)26-22(24)14(3)4/h15-20H,1,3,5-12H2,2,4H3/t15?,16?,17?,18?,19-,20-/m1/s1. The highest BCUT2D eigenvalue weighted by molar-refractivity contribution is 5.87. The summed E-state index contributed by atoms with van der Waals surface area (Å²) in [5, 5.41) is 0. The number of hydrogen-bond donors (Lipinski definition) is 0. The molecule has 0 saturated heterocycles. The van der Waals surface area contributed by atoms with Gasteiger partial charge < -0.3 is 9.47 Å². The van der Waals surface area contributed by atoms with Crippen LogP contribution in [0, 0.1) is 23.7 Å². The number of ether oxygens (including phenoxy) is 2. The second-order valence-electron chi connectivity index (χ2n) is 8.58. The lowest BCUT2D eigenvalue weighted by molar-refractivity contribution is -0.177. The van der Waals surface area contributed by atoms with Gasteiger partial charge in [-0.3, -0.25) is 0 Å². The van der Waals surface area contributed by atoms with Gasteiger partial charge in [0.15, 0.2) is 0 Å².